The molecule has 1 spiro atoms. The summed E-state index contributed by atoms with van der Waals surface area (Å²) in [6.45, 7) is 8.14. The van der Waals surface area contributed by atoms with Crippen molar-refractivity contribution in [2.24, 2.45) is 11.8 Å². The summed E-state index contributed by atoms with van der Waals surface area (Å²) in [5, 5.41) is 9.70. The van der Waals surface area contributed by atoms with Crippen LogP contribution in [0.1, 0.15) is 47.0 Å². The second-order valence-corrected chi connectivity index (χ2v) is 10.1. The molecule has 2 saturated heterocycles. The quantitative estimate of drug-likeness (QED) is 0.521. The number of ether oxygens (including phenoxy) is 2. The maximum absolute atomic E-state index is 13.9. The van der Waals surface area contributed by atoms with Crippen molar-refractivity contribution in [1.29, 1.82) is 0 Å². The number of cyclic esters (lactones) is 1. The Morgan fingerprint density at radius 1 is 1.12 bits per heavy atom. The van der Waals surface area contributed by atoms with Gasteiger partial charge >= 0.3 is 5.97 Å². The highest BCUT2D eigenvalue weighted by Gasteiger charge is 2.75. The van der Waals surface area contributed by atoms with Crippen LogP contribution in [0.4, 0.5) is 0 Å². The normalized spacial score (nSPS) is 38.3. The van der Waals surface area contributed by atoms with Gasteiger partial charge in [0.1, 0.15) is 23.2 Å². The summed E-state index contributed by atoms with van der Waals surface area (Å²) in [5.41, 5.74) is -2.81. The molecule has 5 atom stereocenters. The fourth-order valence-electron chi connectivity index (χ4n) is 5.83. The van der Waals surface area contributed by atoms with Gasteiger partial charge in [0.2, 0.25) is 11.8 Å². The summed E-state index contributed by atoms with van der Waals surface area (Å²) in [4.78, 5) is 44.1. The number of fused-ring (bicyclic) bond motifs is 2. The minimum absolute atomic E-state index is 0.000591. The number of amides is 2. The van der Waals surface area contributed by atoms with Crippen LogP contribution in [0.5, 0.6) is 0 Å². The van der Waals surface area contributed by atoms with Gasteiger partial charge in [0.25, 0.3) is 0 Å². The Morgan fingerprint density at radius 2 is 1.88 bits per heavy atom. The van der Waals surface area contributed by atoms with Gasteiger partial charge in [0, 0.05) is 18.6 Å². The smallest absolute Gasteiger partial charge is 0.313 e. The van der Waals surface area contributed by atoms with E-state index < -0.39 is 40.6 Å². The maximum Gasteiger partial charge on any atom is 0.313 e. The fourth-order valence-corrected chi connectivity index (χ4v) is 5.83. The molecule has 0 saturated carbocycles. The lowest BCUT2D eigenvalue weighted by Gasteiger charge is -2.41. The summed E-state index contributed by atoms with van der Waals surface area (Å²) >= 11 is 0. The monoisotopic (exact) mass is 446 g/mol. The van der Waals surface area contributed by atoms with E-state index >= 15 is 0 Å². The Morgan fingerprint density at radius 3 is 2.53 bits per heavy atom. The Bertz CT molecular complexity index is 861. The number of esters is 1. The molecule has 176 valence electrons. The lowest BCUT2D eigenvalue weighted by atomic mass is 9.73. The molecule has 2 amide bonds. The number of aliphatic hydroxyl groups excluding tert-OH is 1. The molecule has 2 fully saturated rings. The molecule has 0 radical (unpaired) electrons. The first-order valence-electron chi connectivity index (χ1n) is 11.6. The zero-order valence-electron chi connectivity index (χ0n) is 19.4. The van der Waals surface area contributed by atoms with E-state index in [-0.39, 0.29) is 31.6 Å². The van der Waals surface area contributed by atoms with Crippen molar-refractivity contribution >= 4 is 17.8 Å². The Hall–Kier alpha value is -2.19. The maximum atomic E-state index is 13.9. The molecule has 8 nitrogen and oxygen atoms in total. The van der Waals surface area contributed by atoms with Crippen molar-refractivity contribution in [3.05, 3.63) is 24.3 Å². The molecule has 0 bridgehead atoms. The lowest BCUT2D eigenvalue weighted by molar-refractivity contribution is -0.162. The first-order chi connectivity index (χ1) is 15.1. The van der Waals surface area contributed by atoms with Crippen LogP contribution < -0.4 is 0 Å². The third-order valence-electron chi connectivity index (χ3n) is 7.28. The van der Waals surface area contributed by atoms with Crippen LogP contribution in [0.3, 0.4) is 0 Å². The molecule has 0 aromatic rings. The van der Waals surface area contributed by atoms with E-state index in [1.165, 1.54) is 4.90 Å². The number of allylic oxidation sites excluding steroid dienone is 1. The van der Waals surface area contributed by atoms with E-state index in [2.05, 4.69) is 0 Å². The van der Waals surface area contributed by atoms with Crippen LogP contribution in [-0.4, -0.2) is 81.8 Å². The molecule has 32 heavy (non-hydrogen) atoms. The van der Waals surface area contributed by atoms with Gasteiger partial charge < -0.3 is 24.4 Å². The predicted octanol–water partition coefficient (Wildman–Crippen LogP) is 1.43. The van der Waals surface area contributed by atoms with Gasteiger partial charge in [-0.1, -0.05) is 31.2 Å². The fraction of sp³-hybridized carbons (Fsp3) is 0.708. The average molecular weight is 447 g/mol. The van der Waals surface area contributed by atoms with Crippen LogP contribution in [0, 0.1) is 11.8 Å². The molecule has 0 aliphatic carbocycles. The molecule has 4 aliphatic heterocycles. The minimum atomic E-state index is -1.30. The number of likely N-dealkylation sites (tertiary alicyclic amines) is 1. The number of hydrogen-bond acceptors (Lipinski definition) is 6. The molecular formula is C24H34N2O6. The SMILES string of the molecule is CC[C@]12/C=C\CCCOC(=O)[C@H]1[C@H]1C(=O)N(CCO)C3C(=O)N(C(C)(C)C)CC=C[C@@]31O2. The molecule has 1 N–H and O–H groups in total. The van der Waals surface area contributed by atoms with Crippen LogP contribution in [-0.2, 0) is 23.9 Å². The minimum Gasteiger partial charge on any atom is -0.465 e. The van der Waals surface area contributed by atoms with E-state index in [1.54, 1.807) is 4.90 Å². The van der Waals surface area contributed by atoms with Crippen molar-refractivity contribution in [1.82, 2.24) is 9.80 Å². The van der Waals surface area contributed by atoms with Crippen molar-refractivity contribution in [2.75, 3.05) is 26.3 Å². The molecule has 4 aliphatic rings. The molecule has 4 rings (SSSR count). The average Bonchev–Trinajstić information content (AvgIpc) is 3.09. The van der Waals surface area contributed by atoms with Gasteiger partial charge in [-0.25, -0.2) is 0 Å². The second kappa shape index (κ2) is 7.99. The van der Waals surface area contributed by atoms with E-state index in [0.717, 1.165) is 6.42 Å². The van der Waals surface area contributed by atoms with Gasteiger partial charge in [-0.15, -0.1) is 0 Å². The first-order valence-corrected chi connectivity index (χ1v) is 11.6. The van der Waals surface area contributed by atoms with Gasteiger partial charge in [0.05, 0.1) is 19.1 Å². The zero-order chi connectivity index (χ0) is 23.3. The summed E-state index contributed by atoms with van der Waals surface area (Å²) in [6, 6.07) is -0.954. The number of carbonyl (C=O) groups excluding carboxylic acids is 3. The van der Waals surface area contributed by atoms with Crippen LogP contribution in [0.15, 0.2) is 24.3 Å². The molecule has 0 aromatic heterocycles. The molecule has 4 heterocycles. The van der Waals surface area contributed by atoms with Crippen LogP contribution >= 0.6 is 0 Å². The summed E-state index contributed by atoms with van der Waals surface area (Å²) < 4.78 is 12.3. The van der Waals surface area contributed by atoms with Crippen molar-refractivity contribution in [3.8, 4) is 0 Å². The van der Waals surface area contributed by atoms with Gasteiger partial charge in [0.15, 0.2) is 0 Å². The highest BCUT2D eigenvalue weighted by Crippen LogP contribution is 2.58. The van der Waals surface area contributed by atoms with Crippen LogP contribution in [0.2, 0.25) is 0 Å². The summed E-state index contributed by atoms with van der Waals surface area (Å²) in [6.07, 6.45) is 9.49. The summed E-state index contributed by atoms with van der Waals surface area (Å²) in [7, 11) is 0. The highest BCUT2D eigenvalue weighted by molar-refractivity contribution is 5.99. The number of aliphatic hydroxyl groups is 1. The van der Waals surface area contributed by atoms with Gasteiger partial charge in [-0.05, 0) is 40.0 Å². The highest BCUT2D eigenvalue weighted by atomic mass is 16.6. The van der Waals surface area contributed by atoms with Gasteiger partial charge in [-0.2, -0.15) is 0 Å². The Labute approximate surface area is 189 Å². The van der Waals surface area contributed by atoms with Crippen molar-refractivity contribution in [2.45, 2.75) is 69.7 Å². The number of rotatable bonds is 3. The Balaban J connectivity index is 1.91. The Kier molecular flexibility index (Phi) is 5.74. The molecule has 1 unspecified atom stereocenters. The predicted molar refractivity (Wildman–Crippen MR) is 116 cm³/mol. The zero-order valence-corrected chi connectivity index (χ0v) is 19.4. The standard InChI is InChI=1S/C24H34N2O6/c1-5-23-10-7-6-8-15-31-21(30)17(23)16-19(28)25(13-14-27)18-20(29)26(22(2,3)4)12-9-11-24(16,18)32-23/h7,9-11,16-18,27H,5-6,8,12-15H2,1-4H3/b10-7-/t16-,17+,18?,23-,24-/m0/s1. The largest absolute Gasteiger partial charge is 0.465 e. The van der Waals surface area contributed by atoms with E-state index in [4.69, 9.17) is 9.47 Å². The van der Waals surface area contributed by atoms with Crippen molar-refractivity contribution in [3.63, 3.8) is 0 Å². The van der Waals surface area contributed by atoms with E-state index in [1.807, 2.05) is 52.0 Å². The van der Waals surface area contributed by atoms with Crippen molar-refractivity contribution < 1.29 is 29.0 Å². The molecule has 0 aromatic carbocycles. The third-order valence-corrected chi connectivity index (χ3v) is 7.28. The molecule has 8 heteroatoms. The lowest BCUT2D eigenvalue weighted by Crippen LogP contribution is -2.59. The second-order valence-electron chi connectivity index (χ2n) is 10.1. The molecular weight excluding hydrogens is 412 g/mol. The van der Waals surface area contributed by atoms with E-state index in [0.29, 0.717) is 19.4 Å². The number of nitrogens with zero attached hydrogens (tertiary/aromatic N) is 2. The van der Waals surface area contributed by atoms with E-state index in [9.17, 15) is 19.5 Å². The topological polar surface area (TPSA) is 96.4 Å². The number of carbonyl (C=O) groups is 3. The summed E-state index contributed by atoms with van der Waals surface area (Å²) in [5.74, 6) is -2.80. The third kappa shape index (κ3) is 3.22. The first kappa shape index (κ1) is 23.0. The van der Waals surface area contributed by atoms with Gasteiger partial charge in [-0.3, -0.25) is 14.4 Å². The number of β-amino-alcohol motifs (C(OH)–C–C–N with tert-alkyl or cyclic N) is 1. The van der Waals surface area contributed by atoms with Crippen LogP contribution in [0.25, 0.3) is 0 Å². The number of hydrogen-bond donors (Lipinski definition) is 1.